The molecular formula is C22H30N2O3S. The Balaban J connectivity index is 2.24. The van der Waals surface area contributed by atoms with E-state index in [0.717, 1.165) is 29.4 Å². The van der Waals surface area contributed by atoms with Gasteiger partial charge in [-0.15, -0.1) is 0 Å². The number of hydrogen-bond donors (Lipinski definition) is 1. The molecule has 0 spiro atoms. The molecule has 0 radical (unpaired) electrons. The third-order valence-corrected chi connectivity index (χ3v) is 6.32. The van der Waals surface area contributed by atoms with Crippen LogP contribution >= 0.6 is 0 Å². The number of amides is 1. The maximum absolute atomic E-state index is 12.8. The summed E-state index contributed by atoms with van der Waals surface area (Å²) >= 11 is 0. The van der Waals surface area contributed by atoms with E-state index in [2.05, 4.69) is 5.32 Å². The SMILES string of the molecule is CCc1ccc(N([C@@H](C)C(=O)N[C@H](C)c2ccc(C)c(C)c2)S(C)(=O)=O)cc1. The second-order valence-electron chi connectivity index (χ2n) is 7.33. The number of benzene rings is 2. The highest BCUT2D eigenvalue weighted by Crippen LogP contribution is 2.23. The molecule has 0 heterocycles. The summed E-state index contributed by atoms with van der Waals surface area (Å²) in [5, 5.41) is 2.94. The Kier molecular flexibility index (Phi) is 6.88. The number of carbonyl (C=O) groups is 1. The molecule has 2 aromatic carbocycles. The fraction of sp³-hybridized carbons (Fsp3) is 0.409. The summed E-state index contributed by atoms with van der Waals surface area (Å²) in [6.45, 7) is 9.61. The number of carbonyl (C=O) groups excluding carboxylic acids is 1. The van der Waals surface area contributed by atoms with Crippen LogP contribution in [-0.2, 0) is 21.2 Å². The molecule has 1 N–H and O–H groups in total. The van der Waals surface area contributed by atoms with Crippen LogP contribution in [0.5, 0.6) is 0 Å². The Labute approximate surface area is 168 Å². The minimum Gasteiger partial charge on any atom is -0.348 e. The monoisotopic (exact) mass is 402 g/mol. The molecule has 0 unspecified atom stereocenters. The first kappa shape index (κ1) is 22.0. The molecule has 2 aromatic rings. The van der Waals surface area contributed by atoms with Gasteiger partial charge in [-0.1, -0.05) is 37.3 Å². The van der Waals surface area contributed by atoms with E-state index >= 15 is 0 Å². The molecule has 1 amide bonds. The number of nitrogens with one attached hydrogen (secondary N) is 1. The summed E-state index contributed by atoms with van der Waals surface area (Å²) in [4.78, 5) is 12.8. The smallest absolute Gasteiger partial charge is 0.244 e. The van der Waals surface area contributed by atoms with Crippen molar-refractivity contribution in [1.82, 2.24) is 5.32 Å². The summed E-state index contributed by atoms with van der Waals surface area (Å²) in [6.07, 6.45) is 1.99. The highest BCUT2D eigenvalue weighted by molar-refractivity contribution is 7.92. The molecule has 2 rings (SSSR count). The van der Waals surface area contributed by atoms with E-state index in [9.17, 15) is 13.2 Å². The van der Waals surface area contributed by atoms with Crippen molar-refractivity contribution >= 4 is 21.6 Å². The van der Waals surface area contributed by atoms with Crippen molar-refractivity contribution in [2.24, 2.45) is 0 Å². The number of aryl methyl sites for hydroxylation is 3. The van der Waals surface area contributed by atoms with Crippen LogP contribution in [0.15, 0.2) is 42.5 Å². The summed E-state index contributed by atoms with van der Waals surface area (Å²) in [5.74, 6) is -0.337. The van der Waals surface area contributed by atoms with Gasteiger partial charge >= 0.3 is 0 Å². The lowest BCUT2D eigenvalue weighted by Crippen LogP contribution is -2.48. The van der Waals surface area contributed by atoms with Gasteiger partial charge in [-0.25, -0.2) is 8.42 Å². The first-order valence-electron chi connectivity index (χ1n) is 9.50. The van der Waals surface area contributed by atoms with E-state index < -0.39 is 16.1 Å². The zero-order chi connectivity index (χ0) is 21.1. The predicted octanol–water partition coefficient (Wildman–Crippen LogP) is 3.90. The van der Waals surface area contributed by atoms with Gasteiger partial charge in [-0.05, 0) is 68.5 Å². The molecule has 0 aliphatic rings. The maximum Gasteiger partial charge on any atom is 0.244 e. The van der Waals surface area contributed by atoms with Crippen molar-refractivity contribution in [1.29, 1.82) is 0 Å². The van der Waals surface area contributed by atoms with Gasteiger partial charge in [0, 0.05) is 0 Å². The predicted molar refractivity (Wildman–Crippen MR) is 115 cm³/mol. The van der Waals surface area contributed by atoms with E-state index in [4.69, 9.17) is 0 Å². The number of nitrogens with zero attached hydrogens (tertiary/aromatic N) is 1. The summed E-state index contributed by atoms with van der Waals surface area (Å²) in [5.41, 5.74) is 4.93. The molecule has 28 heavy (non-hydrogen) atoms. The maximum atomic E-state index is 12.8. The van der Waals surface area contributed by atoms with E-state index in [0.29, 0.717) is 5.69 Å². The number of rotatable bonds is 7. The third-order valence-electron chi connectivity index (χ3n) is 5.08. The van der Waals surface area contributed by atoms with Crippen LogP contribution in [-0.4, -0.2) is 26.6 Å². The lowest BCUT2D eigenvalue weighted by atomic mass is 10.0. The van der Waals surface area contributed by atoms with Crippen molar-refractivity contribution in [3.8, 4) is 0 Å². The van der Waals surface area contributed by atoms with Crippen LogP contribution in [0.4, 0.5) is 5.69 Å². The summed E-state index contributed by atoms with van der Waals surface area (Å²) < 4.78 is 26.0. The highest BCUT2D eigenvalue weighted by Gasteiger charge is 2.29. The van der Waals surface area contributed by atoms with Gasteiger partial charge in [0.15, 0.2) is 0 Å². The fourth-order valence-corrected chi connectivity index (χ4v) is 4.31. The molecule has 0 fully saturated rings. The molecule has 0 aliphatic carbocycles. The molecule has 0 aliphatic heterocycles. The standard InChI is InChI=1S/C22H30N2O3S/c1-7-19-9-12-21(13-10-19)24(28(6,26)27)18(5)22(25)23-17(4)20-11-8-15(2)16(3)14-20/h8-14,17-18H,7H2,1-6H3,(H,23,25)/t17-,18+/m1/s1. The normalized spacial score (nSPS) is 13.6. The molecule has 6 heteroatoms. The molecule has 0 saturated heterocycles. The molecule has 0 aromatic heterocycles. The Morgan fingerprint density at radius 2 is 1.64 bits per heavy atom. The van der Waals surface area contributed by atoms with Gasteiger partial charge in [-0.2, -0.15) is 0 Å². The van der Waals surface area contributed by atoms with Crippen LogP contribution in [0.1, 0.15) is 49.1 Å². The lowest BCUT2D eigenvalue weighted by Gasteiger charge is -2.29. The van der Waals surface area contributed by atoms with Crippen molar-refractivity contribution in [2.45, 2.75) is 53.1 Å². The Morgan fingerprint density at radius 1 is 1.04 bits per heavy atom. The van der Waals surface area contributed by atoms with Gasteiger partial charge in [0.2, 0.25) is 15.9 Å². The Hall–Kier alpha value is -2.34. The average Bonchev–Trinajstić information content (AvgIpc) is 2.63. The van der Waals surface area contributed by atoms with E-state index in [1.165, 1.54) is 9.87 Å². The average molecular weight is 403 g/mol. The zero-order valence-corrected chi connectivity index (χ0v) is 18.3. The topological polar surface area (TPSA) is 66.5 Å². The van der Waals surface area contributed by atoms with Crippen molar-refractivity contribution in [3.05, 3.63) is 64.7 Å². The zero-order valence-electron chi connectivity index (χ0n) is 17.5. The molecular weight excluding hydrogens is 372 g/mol. The van der Waals surface area contributed by atoms with Gasteiger partial charge in [0.1, 0.15) is 6.04 Å². The van der Waals surface area contributed by atoms with Crippen molar-refractivity contribution in [2.75, 3.05) is 10.6 Å². The van der Waals surface area contributed by atoms with Crippen LogP contribution in [0, 0.1) is 13.8 Å². The quantitative estimate of drug-likeness (QED) is 0.764. The van der Waals surface area contributed by atoms with Crippen LogP contribution < -0.4 is 9.62 Å². The van der Waals surface area contributed by atoms with Crippen LogP contribution in [0.25, 0.3) is 0 Å². The van der Waals surface area contributed by atoms with E-state index in [1.54, 1.807) is 19.1 Å². The molecule has 0 saturated carbocycles. The number of sulfonamides is 1. The van der Waals surface area contributed by atoms with Gasteiger partial charge in [0.05, 0.1) is 18.0 Å². The first-order chi connectivity index (χ1) is 13.0. The van der Waals surface area contributed by atoms with Gasteiger partial charge < -0.3 is 5.32 Å². The second kappa shape index (κ2) is 8.78. The minimum atomic E-state index is -3.62. The third kappa shape index (κ3) is 5.13. The molecule has 5 nitrogen and oxygen atoms in total. The summed E-state index contributed by atoms with van der Waals surface area (Å²) in [6, 6.07) is 12.2. The molecule has 2 atom stereocenters. The number of hydrogen-bond acceptors (Lipinski definition) is 3. The number of anilines is 1. The van der Waals surface area contributed by atoms with E-state index in [-0.39, 0.29) is 11.9 Å². The highest BCUT2D eigenvalue weighted by atomic mass is 32.2. The minimum absolute atomic E-state index is 0.224. The first-order valence-corrected chi connectivity index (χ1v) is 11.3. The van der Waals surface area contributed by atoms with E-state index in [1.807, 2.05) is 58.0 Å². The Bertz CT molecular complexity index is 937. The molecule has 0 bridgehead atoms. The van der Waals surface area contributed by atoms with Gasteiger partial charge in [-0.3, -0.25) is 9.10 Å². The van der Waals surface area contributed by atoms with Gasteiger partial charge in [0.25, 0.3) is 0 Å². The van der Waals surface area contributed by atoms with Crippen LogP contribution in [0.2, 0.25) is 0 Å². The Morgan fingerprint density at radius 3 is 2.14 bits per heavy atom. The van der Waals surface area contributed by atoms with Crippen molar-refractivity contribution < 1.29 is 13.2 Å². The fourth-order valence-electron chi connectivity index (χ4n) is 3.14. The van der Waals surface area contributed by atoms with Crippen LogP contribution in [0.3, 0.4) is 0 Å². The second-order valence-corrected chi connectivity index (χ2v) is 9.19. The summed E-state index contributed by atoms with van der Waals surface area (Å²) in [7, 11) is -3.62. The lowest BCUT2D eigenvalue weighted by molar-refractivity contribution is -0.122. The molecule has 152 valence electrons. The largest absolute Gasteiger partial charge is 0.348 e. The van der Waals surface area contributed by atoms with Crippen molar-refractivity contribution in [3.63, 3.8) is 0 Å².